The van der Waals surface area contributed by atoms with E-state index >= 15 is 0 Å². The molecule has 13 heavy (non-hydrogen) atoms. The summed E-state index contributed by atoms with van der Waals surface area (Å²) in [6.45, 7) is 0. The number of hydrogen-bond acceptors (Lipinski definition) is 2. The van der Waals surface area contributed by atoms with Gasteiger partial charge in [0.1, 0.15) is 0 Å². The molecule has 0 saturated carbocycles. The van der Waals surface area contributed by atoms with Crippen LogP contribution in [0.3, 0.4) is 0 Å². The van der Waals surface area contributed by atoms with Crippen LogP contribution in [0.1, 0.15) is 5.56 Å². The lowest BCUT2D eigenvalue weighted by atomic mass is 10.2. The molecule has 0 aliphatic carbocycles. The van der Waals surface area contributed by atoms with Crippen LogP contribution in [0.5, 0.6) is 0 Å². The summed E-state index contributed by atoms with van der Waals surface area (Å²) >= 11 is 11.4. The van der Waals surface area contributed by atoms with Crippen LogP contribution >= 0.6 is 23.2 Å². The summed E-state index contributed by atoms with van der Waals surface area (Å²) in [7, 11) is -3.31. The molecule has 0 amide bonds. The minimum absolute atomic E-state index is 0.188. The summed E-state index contributed by atoms with van der Waals surface area (Å²) in [4.78, 5) is 0. The Morgan fingerprint density at radius 1 is 1.31 bits per heavy atom. The Hall–Kier alpha value is -0.250. The van der Waals surface area contributed by atoms with E-state index in [0.717, 1.165) is 0 Å². The number of halogens is 2. The third-order valence-corrected chi connectivity index (χ3v) is 2.74. The van der Waals surface area contributed by atoms with Crippen molar-refractivity contribution in [2.24, 2.45) is 0 Å². The topological polar surface area (TPSA) is 34.1 Å². The smallest absolute Gasteiger partial charge is 0.155 e. The molecule has 1 aromatic rings. The van der Waals surface area contributed by atoms with E-state index in [1.807, 2.05) is 0 Å². The molecule has 0 saturated heterocycles. The molecule has 71 valence electrons. The van der Waals surface area contributed by atoms with E-state index < -0.39 is 9.84 Å². The van der Waals surface area contributed by atoms with Crippen molar-refractivity contribution in [2.45, 2.75) is 5.75 Å². The molecule has 0 bridgehead atoms. The fraction of sp³-hybridized carbons (Fsp3) is 0.125. The van der Waals surface area contributed by atoms with Crippen molar-refractivity contribution in [3.8, 4) is 0 Å². The predicted molar refractivity (Wildman–Crippen MR) is 54.4 cm³/mol. The third-order valence-electron chi connectivity index (χ3n) is 1.38. The van der Waals surface area contributed by atoms with Crippen molar-refractivity contribution < 1.29 is 8.42 Å². The zero-order valence-electron chi connectivity index (χ0n) is 6.63. The van der Waals surface area contributed by atoms with Crippen LogP contribution < -0.4 is 0 Å². The van der Waals surface area contributed by atoms with Gasteiger partial charge in [-0.25, -0.2) is 8.42 Å². The molecule has 0 spiro atoms. The van der Waals surface area contributed by atoms with Crippen LogP contribution in [0.25, 0.3) is 0 Å². The van der Waals surface area contributed by atoms with E-state index in [2.05, 4.69) is 6.26 Å². The van der Waals surface area contributed by atoms with E-state index in [1.165, 1.54) is 6.07 Å². The number of benzene rings is 1. The molecule has 0 aliphatic rings. The van der Waals surface area contributed by atoms with Gasteiger partial charge in [-0.1, -0.05) is 23.2 Å². The van der Waals surface area contributed by atoms with Crippen LogP contribution in [-0.2, 0) is 15.6 Å². The van der Waals surface area contributed by atoms with Gasteiger partial charge in [-0.15, -0.1) is 0 Å². The third kappa shape index (κ3) is 3.55. The van der Waals surface area contributed by atoms with Gasteiger partial charge in [-0.3, -0.25) is 0 Å². The summed E-state index contributed by atoms with van der Waals surface area (Å²) in [5, 5.41) is 0.847. The first-order valence-corrected chi connectivity index (χ1v) is 5.96. The summed E-state index contributed by atoms with van der Waals surface area (Å²) in [6, 6.07) is 4.68. The molecule has 0 fully saturated rings. The van der Waals surface area contributed by atoms with Gasteiger partial charge < -0.3 is 0 Å². The average Bonchev–Trinajstić information content (AvgIpc) is 1.94. The maximum absolute atomic E-state index is 10.9. The fourth-order valence-electron chi connectivity index (χ4n) is 0.891. The summed E-state index contributed by atoms with van der Waals surface area (Å²) in [6.07, 6.45) is 3.01. The van der Waals surface area contributed by atoms with Crippen LogP contribution in [0.15, 0.2) is 18.2 Å². The van der Waals surface area contributed by atoms with E-state index in [1.54, 1.807) is 12.1 Å². The number of sulfone groups is 1. The van der Waals surface area contributed by atoms with Gasteiger partial charge in [-0.2, -0.15) is 0 Å². The van der Waals surface area contributed by atoms with Crippen LogP contribution in [0.4, 0.5) is 0 Å². The van der Waals surface area contributed by atoms with Crippen molar-refractivity contribution in [1.82, 2.24) is 0 Å². The largest absolute Gasteiger partial charge is 0.228 e. The van der Waals surface area contributed by atoms with Crippen molar-refractivity contribution in [3.63, 3.8) is 0 Å². The molecule has 0 aliphatic heterocycles. The highest BCUT2D eigenvalue weighted by Gasteiger charge is 2.08. The molecule has 0 atom stereocenters. The normalized spacial score (nSPS) is 11.6. The van der Waals surface area contributed by atoms with Crippen molar-refractivity contribution >= 4 is 33.0 Å². The molecule has 0 heterocycles. The van der Waals surface area contributed by atoms with Gasteiger partial charge in [0.25, 0.3) is 0 Å². The molecule has 1 aromatic carbocycles. The quantitative estimate of drug-likeness (QED) is 0.793. The Morgan fingerprint density at radius 3 is 2.46 bits per heavy atom. The Bertz CT molecular complexity index is 412. The van der Waals surface area contributed by atoms with E-state index in [-0.39, 0.29) is 5.75 Å². The molecule has 0 unspecified atom stereocenters. The minimum Gasteiger partial charge on any atom is -0.228 e. The first-order chi connectivity index (χ1) is 5.88. The molecule has 5 heteroatoms. The lowest BCUT2D eigenvalue weighted by Gasteiger charge is -2.02. The Kier molecular flexibility index (Phi) is 3.22. The second-order valence-corrected chi connectivity index (χ2v) is 5.24. The summed E-state index contributed by atoms with van der Waals surface area (Å²) in [5.74, 6) is -0.188. The van der Waals surface area contributed by atoms with Crippen LogP contribution in [-0.4, -0.2) is 8.42 Å². The lowest BCUT2D eigenvalue weighted by molar-refractivity contribution is 0.603. The summed E-state index contributed by atoms with van der Waals surface area (Å²) in [5.41, 5.74) is 0.476. The predicted octanol–water partition coefficient (Wildman–Crippen LogP) is 2.70. The van der Waals surface area contributed by atoms with Gasteiger partial charge in [0.05, 0.1) is 12.0 Å². The van der Waals surface area contributed by atoms with Gasteiger partial charge >= 0.3 is 0 Å². The molecular weight excluding hydrogens is 231 g/mol. The standard InChI is InChI=1S/C8H7Cl2O2S/c1-13(11,12)5-6-4-7(9)2-3-8(6)10/h2-4H,1,5H2. The second kappa shape index (κ2) is 3.86. The van der Waals surface area contributed by atoms with Crippen molar-refractivity contribution in [3.05, 3.63) is 40.1 Å². The average molecular weight is 238 g/mol. The second-order valence-electron chi connectivity index (χ2n) is 2.62. The fourth-order valence-corrected chi connectivity index (χ4v) is 2.06. The molecular formula is C8H7Cl2O2S. The summed E-state index contributed by atoms with van der Waals surface area (Å²) < 4.78 is 21.7. The lowest BCUT2D eigenvalue weighted by Crippen LogP contribution is -1.98. The Morgan fingerprint density at radius 2 is 1.92 bits per heavy atom. The Labute approximate surface area is 87.4 Å². The van der Waals surface area contributed by atoms with E-state index in [9.17, 15) is 8.42 Å². The molecule has 1 rings (SSSR count). The van der Waals surface area contributed by atoms with Gasteiger partial charge in [0.15, 0.2) is 9.84 Å². The van der Waals surface area contributed by atoms with Crippen LogP contribution in [0, 0.1) is 6.26 Å². The first-order valence-electron chi connectivity index (χ1n) is 3.38. The van der Waals surface area contributed by atoms with E-state index in [4.69, 9.17) is 23.2 Å². The molecule has 2 nitrogen and oxygen atoms in total. The molecule has 1 radical (unpaired) electrons. The number of rotatable bonds is 2. The SMILES string of the molecule is [CH2]S(=O)(=O)Cc1cc(Cl)ccc1Cl. The minimum atomic E-state index is -3.31. The van der Waals surface area contributed by atoms with Gasteiger partial charge in [-0.05, 0) is 23.8 Å². The molecule has 0 N–H and O–H groups in total. The zero-order valence-corrected chi connectivity index (χ0v) is 8.96. The van der Waals surface area contributed by atoms with Gasteiger partial charge in [0.2, 0.25) is 0 Å². The van der Waals surface area contributed by atoms with Crippen molar-refractivity contribution in [1.29, 1.82) is 0 Å². The number of hydrogen-bond donors (Lipinski definition) is 0. The van der Waals surface area contributed by atoms with E-state index in [0.29, 0.717) is 15.6 Å². The zero-order chi connectivity index (χ0) is 10.1. The molecule has 0 aromatic heterocycles. The Balaban J connectivity index is 3.08. The first kappa shape index (κ1) is 10.8. The highest BCUT2D eigenvalue weighted by Crippen LogP contribution is 2.22. The maximum Gasteiger partial charge on any atom is 0.155 e. The van der Waals surface area contributed by atoms with Crippen LogP contribution in [0.2, 0.25) is 10.0 Å². The van der Waals surface area contributed by atoms with Crippen molar-refractivity contribution in [2.75, 3.05) is 0 Å². The maximum atomic E-state index is 10.9. The highest BCUT2D eigenvalue weighted by atomic mass is 35.5. The van der Waals surface area contributed by atoms with Gasteiger partial charge in [0, 0.05) is 10.0 Å². The monoisotopic (exact) mass is 237 g/mol. The highest BCUT2D eigenvalue weighted by molar-refractivity contribution is 7.91.